The van der Waals surface area contributed by atoms with E-state index in [2.05, 4.69) is 53.5 Å². The summed E-state index contributed by atoms with van der Waals surface area (Å²) in [5.41, 5.74) is 3.26. The Bertz CT molecular complexity index is 1880. The summed E-state index contributed by atoms with van der Waals surface area (Å²) in [4.78, 5) is 26.1. The number of anilines is 2. The van der Waals surface area contributed by atoms with Gasteiger partial charge in [0.1, 0.15) is 11.0 Å². The van der Waals surface area contributed by atoms with Crippen LogP contribution in [0.2, 0.25) is 0 Å². The van der Waals surface area contributed by atoms with Gasteiger partial charge in [-0.1, -0.05) is 6.07 Å². The molecule has 7 aromatic rings. The van der Waals surface area contributed by atoms with E-state index in [0.717, 1.165) is 38.4 Å². The lowest BCUT2D eigenvalue weighted by Crippen LogP contribution is -2.63. The van der Waals surface area contributed by atoms with E-state index in [1.54, 1.807) is 41.3 Å². The smallest absolute Gasteiger partial charge is 0.224 e. The van der Waals surface area contributed by atoms with Crippen LogP contribution in [0.4, 0.5) is 10.9 Å². The summed E-state index contributed by atoms with van der Waals surface area (Å²) >= 11 is 3.20. The first kappa shape index (κ1) is 24.6. The maximum absolute atomic E-state index is 6.41. The molecule has 0 radical (unpaired) electrons. The zero-order chi connectivity index (χ0) is 27.9. The highest BCUT2D eigenvalue weighted by atomic mass is 32.1. The van der Waals surface area contributed by atoms with Crippen molar-refractivity contribution in [3.8, 4) is 0 Å². The summed E-state index contributed by atoms with van der Waals surface area (Å²) < 4.78 is 6.41. The van der Waals surface area contributed by atoms with Crippen LogP contribution in [-0.2, 0) is 5.66 Å². The van der Waals surface area contributed by atoms with E-state index in [0.29, 0.717) is 11.7 Å². The molecule has 2 atom stereocenters. The maximum Gasteiger partial charge on any atom is 0.224 e. The van der Waals surface area contributed by atoms with Crippen molar-refractivity contribution in [2.24, 2.45) is 0 Å². The standard InChI is InChI=1S/C30H23N9OS2/c1-2-11-32-22(7-1)30(23-8-4-17-40-23)38(24-9-5-18-41-24)26(21-10-13-36-37-21)25(20-6-3-12-31-20)27(28-33-16-19-42-28)39(30)29-34-14-15-35-29/h1-19,26,31H,(H,34,35)(H,36,37). The second kappa shape index (κ2) is 10.0. The van der Waals surface area contributed by atoms with Crippen LogP contribution in [0.5, 0.6) is 0 Å². The fourth-order valence-electron chi connectivity index (χ4n) is 5.84. The Kier molecular flexibility index (Phi) is 5.86. The first-order valence-corrected chi connectivity index (χ1v) is 15.0. The Morgan fingerprint density at radius 2 is 1.81 bits per heavy atom. The molecule has 42 heavy (non-hydrogen) atoms. The van der Waals surface area contributed by atoms with Gasteiger partial charge in [0.05, 0.1) is 28.3 Å². The van der Waals surface area contributed by atoms with Crippen molar-refractivity contribution in [2.45, 2.75) is 11.7 Å². The summed E-state index contributed by atoms with van der Waals surface area (Å²) in [7, 11) is 0. The van der Waals surface area contributed by atoms with E-state index in [9.17, 15) is 0 Å². The van der Waals surface area contributed by atoms with Crippen molar-refractivity contribution in [1.82, 2.24) is 35.1 Å². The van der Waals surface area contributed by atoms with E-state index in [4.69, 9.17) is 19.4 Å². The minimum absolute atomic E-state index is 0.387. The lowest BCUT2D eigenvalue weighted by molar-refractivity contribution is 0.345. The van der Waals surface area contributed by atoms with E-state index < -0.39 is 5.66 Å². The topological polar surface area (TPSA) is 119 Å². The van der Waals surface area contributed by atoms with Gasteiger partial charge in [0.15, 0.2) is 5.76 Å². The fraction of sp³-hybridized carbons (Fsp3) is 0.0667. The molecule has 12 heteroatoms. The molecule has 2 unspecified atom stereocenters. The third-order valence-electron chi connectivity index (χ3n) is 7.35. The predicted octanol–water partition coefficient (Wildman–Crippen LogP) is 6.50. The molecule has 0 aromatic carbocycles. The third kappa shape index (κ3) is 3.62. The summed E-state index contributed by atoms with van der Waals surface area (Å²) in [5.74, 6) is 1.27. The van der Waals surface area contributed by atoms with Crippen LogP contribution in [0.1, 0.15) is 33.9 Å². The van der Waals surface area contributed by atoms with E-state index in [-0.39, 0.29) is 6.04 Å². The van der Waals surface area contributed by atoms with Gasteiger partial charge in [-0.3, -0.25) is 15.0 Å². The number of hydrogen-bond donors (Lipinski definition) is 3. The summed E-state index contributed by atoms with van der Waals surface area (Å²) in [6, 6.07) is 19.7. The van der Waals surface area contributed by atoms with Gasteiger partial charge < -0.3 is 19.3 Å². The quantitative estimate of drug-likeness (QED) is 0.194. The molecule has 206 valence electrons. The molecule has 8 rings (SSSR count). The summed E-state index contributed by atoms with van der Waals surface area (Å²) in [6.07, 6.45) is 12.6. The Hall–Kier alpha value is -5.20. The molecule has 0 saturated heterocycles. The third-order valence-corrected chi connectivity index (χ3v) is 9.00. The SMILES string of the molecule is c1ccc(C2(c3ccco3)N(c3ncc[nH]3)C(c3nccs3)=C(c3ccc[nH]3)C(c3ccn[nH]3)N2c2cccs2)nc1. The zero-order valence-corrected chi connectivity index (χ0v) is 23.6. The Labute approximate surface area is 248 Å². The molecule has 0 spiro atoms. The predicted molar refractivity (Wildman–Crippen MR) is 163 cm³/mol. The first-order valence-electron chi connectivity index (χ1n) is 13.2. The van der Waals surface area contributed by atoms with Gasteiger partial charge in [-0.15, -0.1) is 22.7 Å². The highest BCUT2D eigenvalue weighted by Crippen LogP contribution is 2.59. The maximum atomic E-state index is 6.41. The number of thiophene rings is 1. The lowest BCUT2D eigenvalue weighted by atomic mass is 9.84. The van der Waals surface area contributed by atoms with Crippen LogP contribution in [0.25, 0.3) is 11.3 Å². The second-order valence-electron chi connectivity index (χ2n) is 9.53. The van der Waals surface area contributed by atoms with Crippen LogP contribution in [0.3, 0.4) is 0 Å². The Morgan fingerprint density at radius 1 is 0.810 bits per heavy atom. The number of rotatable bonds is 7. The number of imidazole rings is 1. The lowest BCUT2D eigenvalue weighted by Gasteiger charge is -2.56. The average Bonchev–Trinajstić information content (AvgIpc) is 3.89. The molecule has 0 saturated carbocycles. The number of nitrogens with zero attached hydrogens (tertiary/aromatic N) is 6. The Balaban J connectivity index is 1.62. The van der Waals surface area contributed by atoms with Crippen molar-refractivity contribution in [1.29, 1.82) is 0 Å². The van der Waals surface area contributed by atoms with Crippen LogP contribution < -0.4 is 9.80 Å². The minimum atomic E-state index is -1.17. The number of H-pyrrole nitrogens is 3. The Morgan fingerprint density at radius 3 is 2.48 bits per heavy atom. The molecule has 0 fully saturated rings. The molecule has 3 N–H and O–H groups in total. The first-order chi connectivity index (χ1) is 20.9. The number of nitrogens with one attached hydrogen (secondary N) is 3. The van der Waals surface area contributed by atoms with Crippen LogP contribution >= 0.6 is 22.7 Å². The number of aromatic nitrogens is 7. The largest absolute Gasteiger partial charge is 0.464 e. The van der Waals surface area contributed by atoms with E-state index in [1.807, 2.05) is 72.6 Å². The molecule has 0 amide bonds. The van der Waals surface area contributed by atoms with E-state index in [1.165, 1.54) is 0 Å². The normalized spacial score (nSPS) is 19.1. The fourth-order valence-corrected chi connectivity index (χ4v) is 7.33. The number of aromatic amines is 3. The minimum Gasteiger partial charge on any atom is -0.464 e. The van der Waals surface area contributed by atoms with Crippen LogP contribution in [0, 0.1) is 0 Å². The number of hydrogen-bond acceptors (Lipinski definition) is 9. The molecular weight excluding hydrogens is 567 g/mol. The molecule has 1 aliphatic rings. The number of pyridine rings is 1. The molecule has 0 aliphatic carbocycles. The molecule has 7 aromatic heterocycles. The van der Waals surface area contributed by atoms with Gasteiger partial charge in [-0.2, -0.15) is 5.10 Å². The second-order valence-corrected chi connectivity index (χ2v) is 11.4. The van der Waals surface area contributed by atoms with Gasteiger partial charge >= 0.3 is 0 Å². The summed E-state index contributed by atoms with van der Waals surface area (Å²) in [6.45, 7) is 0. The monoisotopic (exact) mass is 589 g/mol. The van der Waals surface area contributed by atoms with Gasteiger partial charge in [0.2, 0.25) is 11.6 Å². The van der Waals surface area contributed by atoms with Crippen molar-refractivity contribution in [3.05, 3.63) is 143 Å². The number of thiazole rings is 1. The van der Waals surface area contributed by atoms with Crippen molar-refractivity contribution in [3.63, 3.8) is 0 Å². The van der Waals surface area contributed by atoms with Gasteiger partial charge in [0.25, 0.3) is 0 Å². The molecule has 10 nitrogen and oxygen atoms in total. The van der Waals surface area contributed by atoms with Gasteiger partial charge in [0, 0.05) is 53.8 Å². The molecule has 8 heterocycles. The molecular formula is C30H23N9OS2. The van der Waals surface area contributed by atoms with Crippen molar-refractivity contribution >= 4 is 44.9 Å². The van der Waals surface area contributed by atoms with Crippen molar-refractivity contribution in [2.75, 3.05) is 9.80 Å². The van der Waals surface area contributed by atoms with Gasteiger partial charge in [-0.25, -0.2) is 9.97 Å². The summed E-state index contributed by atoms with van der Waals surface area (Å²) in [5, 5.41) is 13.6. The molecule has 1 aliphatic heterocycles. The van der Waals surface area contributed by atoms with Crippen molar-refractivity contribution < 1.29 is 4.42 Å². The number of furan rings is 1. The zero-order valence-electron chi connectivity index (χ0n) is 22.0. The highest BCUT2D eigenvalue weighted by Gasteiger charge is 2.60. The van der Waals surface area contributed by atoms with E-state index >= 15 is 0 Å². The average molecular weight is 590 g/mol. The molecule has 0 bridgehead atoms. The van der Waals surface area contributed by atoms with Gasteiger partial charge in [-0.05, 0) is 60.0 Å². The van der Waals surface area contributed by atoms with Crippen LogP contribution in [-0.4, -0.2) is 35.1 Å². The highest BCUT2D eigenvalue weighted by molar-refractivity contribution is 7.14. The van der Waals surface area contributed by atoms with Crippen LogP contribution in [0.15, 0.2) is 119 Å².